The summed E-state index contributed by atoms with van der Waals surface area (Å²) in [7, 11) is 12.5. The quantitative estimate of drug-likeness (QED) is 0.279. The summed E-state index contributed by atoms with van der Waals surface area (Å²) in [6.45, 7) is 4.37. The van der Waals surface area contributed by atoms with Crippen molar-refractivity contribution in [3.63, 3.8) is 0 Å². The second-order valence-electron chi connectivity index (χ2n) is 6.76. The van der Waals surface area contributed by atoms with Gasteiger partial charge < -0.3 is 37.1 Å². The molecule has 7 N–H and O–H groups in total. The van der Waals surface area contributed by atoms with Gasteiger partial charge >= 0.3 is 0 Å². The van der Waals surface area contributed by atoms with E-state index in [0.717, 1.165) is 38.0 Å². The predicted octanol–water partition coefficient (Wildman–Crippen LogP) is 1.61. The standard InChI is InChI=1S/C10H18N4.C5H7N3.C5H11NO.CH3B/c1-14(2)8-4-7-12-9-5-3-6-13-10(9)11;6-4-2-1-3-8-5(4)7;1-6(2)4-3-5-7;1-2/h3,5-6,12H,4,7-8H2,1-2H3,(H2,11,13);1-3H,6H2,(H2,7,8);5H,3-4H2,1-2H3;1H3. The molecule has 172 valence electrons. The minimum absolute atomic E-state index is 0.396. The lowest BCUT2D eigenvalue weighted by atomic mass is 10.2. The molecule has 2 aromatic heterocycles. The summed E-state index contributed by atoms with van der Waals surface area (Å²) in [4.78, 5) is 21.6. The first-order valence-corrected chi connectivity index (χ1v) is 9.99. The Bertz CT molecular complexity index is 665. The van der Waals surface area contributed by atoms with Crippen LogP contribution in [0.2, 0.25) is 6.82 Å². The van der Waals surface area contributed by atoms with Crippen molar-refractivity contribution in [1.29, 1.82) is 0 Å². The molecule has 2 heterocycles. The van der Waals surface area contributed by atoms with Crippen molar-refractivity contribution in [2.75, 3.05) is 70.3 Å². The zero-order valence-electron chi connectivity index (χ0n) is 19.6. The van der Waals surface area contributed by atoms with Crippen molar-refractivity contribution in [2.24, 2.45) is 0 Å². The number of nitrogen functional groups attached to an aromatic ring is 3. The predicted molar refractivity (Wildman–Crippen MR) is 134 cm³/mol. The molecule has 2 radical (unpaired) electrons. The van der Waals surface area contributed by atoms with Gasteiger partial charge in [-0.1, -0.05) is 6.82 Å². The van der Waals surface area contributed by atoms with Gasteiger partial charge in [0.15, 0.2) is 0 Å². The van der Waals surface area contributed by atoms with Gasteiger partial charge in [0, 0.05) is 31.9 Å². The van der Waals surface area contributed by atoms with Crippen LogP contribution in [0.5, 0.6) is 0 Å². The molecule has 0 aromatic carbocycles. The lowest BCUT2D eigenvalue weighted by Gasteiger charge is -2.11. The number of nitrogens with two attached hydrogens (primary N) is 3. The maximum absolute atomic E-state index is 9.68. The number of aldehydes is 1. The third-order valence-electron chi connectivity index (χ3n) is 3.50. The van der Waals surface area contributed by atoms with Crippen molar-refractivity contribution in [2.45, 2.75) is 19.7 Å². The number of aromatic nitrogens is 2. The second kappa shape index (κ2) is 20.4. The van der Waals surface area contributed by atoms with Gasteiger partial charge in [0.25, 0.3) is 0 Å². The molecule has 2 aromatic rings. The fourth-order valence-electron chi connectivity index (χ4n) is 1.93. The zero-order valence-corrected chi connectivity index (χ0v) is 19.6. The Labute approximate surface area is 188 Å². The average molecular weight is 430 g/mol. The lowest BCUT2D eigenvalue weighted by Crippen LogP contribution is -2.16. The summed E-state index contributed by atoms with van der Waals surface area (Å²) in [5, 5.41) is 3.25. The number of nitrogens with one attached hydrogen (secondary N) is 1. The van der Waals surface area contributed by atoms with Crippen LogP contribution < -0.4 is 22.5 Å². The van der Waals surface area contributed by atoms with Crippen LogP contribution in [-0.2, 0) is 4.79 Å². The van der Waals surface area contributed by atoms with Crippen LogP contribution in [-0.4, -0.2) is 81.7 Å². The molecule has 0 saturated heterocycles. The number of hydrogen-bond donors (Lipinski definition) is 4. The normalized spacial score (nSPS) is 9.39. The number of nitrogens with zero attached hydrogens (tertiary/aromatic N) is 4. The molecule has 0 saturated carbocycles. The van der Waals surface area contributed by atoms with Gasteiger partial charge in [-0.15, -0.1) is 0 Å². The highest BCUT2D eigenvalue weighted by Crippen LogP contribution is 2.12. The van der Waals surface area contributed by atoms with Gasteiger partial charge in [0.05, 0.1) is 19.2 Å². The minimum atomic E-state index is 0.396. The highest BCUT2D eigenvalue weighted by Gasteiger charge is 1.97. The zero-order chi connectivity index (χ0) is 24.1. The smallest absolute Gasteiger partial charge is 0.146 e. The van der Waals surface area contributed by atoms with Gasteiger partial charge in [-0.3, -0.25) is 0 Å². The van der Waals surface area contributed by atoms with E-state index in [1.165, 1.54) is 6.82 Å². The Hall–Kier alpha value is -2.85. The highest BCUT2D eigenvalue weighted by molar-refractivity contribution is 6.05. The first-order valence-electron chi connectivity index (χ1n) is 9.99. The minimum Gasteiger partial charge on any atom is -0.396 e. The summed E-state index contributed by atoms with van der Waals surface area (Å²) in [5.41, 5.74) is 17.8. The Balaban J connectivity index is 0. The monoisotopic (exact) mass is 430 g/mol. The van der Waals surface area contributed by atoms with Crippen molar-refractivity contribution in [1.82, 2.24) is 19.8 Å². The number of carbonyl (C=O) groups is 1. The Kier molecular flexibility index (Phi) is 20.0. The Morgan fingerprint density at radius 2 is 1.48 bits per heavy atom. The third kappa shape index (κ3) is 18.9. The van der Waals surface area contributed by atoms with Crippen LogP contribution in [0, 0.1) is 0 Å². The molecule has 0 aliphatic heterocycles. The number of carbonyl (C=O) groups excluding carboxylic acids is 1. The molecule has 0 aliphatic carbocycles. The lowest BCUT2D eigenvalue weighted by molar-refractivity contribution is -0.108. The van der Waals surface area contributed by atoms with Crippen molar-refractivity contribution >= 4 is 37.1 Å². The highest BCUT2D eigenvalue weighted by atomic mass is 16.1. The van der Waals surface area contributed by atoms with E-state index in [4.69, 9.17) is 17.2 Å². The van der Waals surface area contributed by atoms with Crippen LogP contribution in [0.3, 0.4) is 0 Å². The molecular weight excluding hydrogens is 391 g/mol. The molecule has 2 rings (SSSR count). The molecule has 0 atom stereocenters. The fourth-order valence-corrected chi connectivity index (χ4v) is 1.93. The Morgan fingerprint density at radius 1 is 0.935 bits per heavy atom. The molecule has 10 heteroatoms. The van der Waals surface area contributed by atoms with E-state index in [1.54, 1.807) is 24.5 Å². The first-order chi connectivity index (χ1) is 14.8. The van der Waals surface area contributed by atoms with Crippen LogP contribution in [0.25, 0.3) is 0 Å². The first kappa shape index (κ1) is 30.3. The molecule has 0 spiro atoms. The van der Waals surface area contributed by atoms with Gasteiger partial charge in [-0.05, 0) is 65.4 Å². The van der Waals surface area contributed by atoms with Crippen molar-refractivity contribution < 1.29 is 4.79 Å². The van der Waals surface area contributed by atoms with Crippen LogP contribution in [0.1, 0.15) is 12.8 Å². The maximum atomic E-state index is 9.68. The summed E-state index contributed by atoms with van der Waals surface area (Å²) in [6.07, 6.45) is 5.97. The van der Waals surface area contributed by atoms with Gasteiger partial charge in [-0.25, -0.2) is 9.97 Å². The SMILES string of the molecule is CN(C)CCC=O.CN(C)CCCNc1cccnc1N.Nc1cccnc1N.[B]C. The molecule has 0 unspecified atom stereocenters. The van der Waals surface area contributed by atoms with E-state index in [2.05, 4.69) is 42.1 Å². The van der Waals surface area contributed by atoms with Gasteiger partial charge in [0.1, 0.15) is 17.9 Å². The second-order valence-corrected chi connectivity index (χ2v) is 6.76. The summed E-state index contributed by atoms with van der Waals surface area (Å²) < 4.78 is 0. The third-order valence-corrected chi connectivity index (χ3v) is 3.50. The number of rotatable bonds is 8. The van der Waals surface area contributed by atoms with Crippen molar-refractivity contribution in [3.05, 3.63) is 36.7 Å². The maximum Gasteiger partial charge on any atom is 0.146 e. The van der Waals surface area contributed by atoms with Gasteiger partial charge in [-0.2, -0.15) is 0 Å². The number of anilines is 4. The largest absolute Gasteiger partial charge is 0.396 e. The number of hydrogen-bond acceptors (Lipinski definition) is 9. The molecule has 9 nitrogen and oxygen atoms in total. The van der Waals surface area contributed by atoms with Crippen LogP contribution >= 0.6 is 0 Å². The number of pyridine rings is 2. The molecule has 0 bridgehead atoms. The average Bonchev–Trinajstić information content (AvgIpc) is 2.75. The van der Waals surface area contributed by atoms with E-state index < -0.39 is 0 Å². The van der Waals surface area contributed by atoms with E-state index in [0.29, 0.717) is 23.7 Å². The fraction of sp³-hybridized carbons (Fsp3) is 0.476. The van der Waals surface area contributed by atoms with E-state index >= 15 is 0 Å². The van der Waals surface area contributed by atoms with Gasteiger partial charge in [0.2, 0.25) is 0 Å². The topological polar surface area (TPSA) is 139 Å². The molecule has 0 fully saturated rings. The Morgan fingerprint density at radius 3 is 1.87 bits per heavy atom. The summed E-state index contributed by atoms with van der Waals surface area (Å²) in [6, 6.07) is 7.27. The van der Waals surface area contributed by atoms with Crippen LogP contribution in [0.4, 0.5) is 23.0 Å². The molecule has 31 heavy (non-hydrogen) atoms. The van der Waals surface area contributed by atoms with E-state index in [1.807, 2.05) is 31.1 Å². The molecule has 0 amide bonds. The molecule has 0 aliphatic rings. The van der Waals surface area contributed by atoms with E-state index in [-0.39, 0.29) is 0 Å². The summed E-state index contributed by atoms with van der Waals surface area (Å²) in [5.74, 6) is 0.963. The van der Waals surface area contributed by atoms with Crippen LogP contribution in [0.15, 0.2) is 36.7 Å². The summed E-state index contributed by atoms with van der Waals surface area (Å²) >= 11 is 0. The van der Waals surface area contributed by atoms with Crippen molar-refractivity contribution in [3.8, 4) is 0 Å². The van der Waals surface area contributed by atoms with E-state index in [9.17, 15) is 4.79 Å². The molecular formula is C21H39BN8O.